The van der Waals surface area contributed by atoms with Crippen LogP contribution in [0.4, 0.5) is 0 Å². The third-order valence-corrected chi connectivity index (χ3v) is 17.5. The summed E-state index contributed by atoms with van der Waals surface area (Å²) in [5, 5.41) is 10.5. The lowest BCUT2D eigenvalue weighted by Crippen LogP contribution is -2.30. The molecule has 0 aromatic carbocycles. The minimum atomic E-state index is -4.95. The van der Waals surface area contributed by atoms with Gasteiger partial charge in [0.1, 0.15) is 19.3 Å². The number of hydrogen-bond acceptors (Lipinski definition) is 15. The molecule has 19 heteroatoms. The van der Waals surface area contributed by atoms with Crippen molar-refractivity contribution in [1.29, 1.82) is 0 Å². The summed E-state index contributed by atoms with van der Waals surface area (Å²) < 4.78 is 68.1. The summed E-state index contributed by atoms with van der Waals surface area (Å²) in [6.45, 7) is 7.20. The number of hydrogen-bond donors (Lipinski definition) is 3. The number of carbonyl (C=O) groups excluding carboxylic acids is 4. The highest BCUT2D eigenvalue weighted by atomic mass is 31.2. The highest BCUT2D eigenvalue weighted by Gasteiger charge is 2.30. The molecule has 0 aromatic rings. The molecule has 17 nitrogen and oxygen atoms in total. The Hall–Kier alpha value is -1.94. The molecule has 0 amide bonds. The normalized spacial score (nSPS) is 14.5. The zero-order chi connectivity index (χ0) is 62.8. The van der Waals surface area contributed by atoms with Gasteiger partial charge in [-0.15, -0.1) is 0 Å². The zero-order valence-corrected chi connectivity index (χ0v) is 56.5. The Balaban J connectivity index is 5.24. The van der Waals surface area contributed by atoms with Gasteiger partial charge < -0.3 is 33.8 Å². The van der Waals surface area contributed by atoms with Crippen LogP contribution in [-0.2, 0) is 65.4 Å². The summed E-state index contributed by atoms with van der Waals surface area (Å²) in [5.41, 5.74) is 0. The van der Waals surface area contributed by atoms with Crippen molar-refractivity contribution in [3.63, 3.8) is 0 Å². The van der Waals surface area contributed by atoms with Gasteiger partial charge in [0.2, 0.25) is 0 Å². The van der Waals surface area contributed by atoms with Crippen molar-refractivity contribution in [2.24, 2.45) is 5.92 Å². The average Bonchev–Trinajstić information content (AvgIpc) is 3.57. The van der Waals surface area contributed by atoms with E-state index >= 15 is 0 Å². The molecule has 0 radical (unpaired) electrons. The number of phosphoric acid groups is 2. The van der Waals surface area contributed by atoms with E-state index in [1.807, 2.05) is 0 Å². The first kappa shape index (κ1) is 83.1. The van der Waals surface area contributed by atoms with Crippen LogP contribution in [0.3, 0.4) is 0 Å². The number of unbranched alkanes of at least 4 members (excludes halogenated alkanes) is 37. The highest BCUT2D eigenvalue weighted by molar-refractivity contribution is 7.47. The summed E-state index contributed by atoms with van der Waals surface area (Å²) in [4.78, 5) is 72.3. The van der Waals surface area contributed by atoms with Crippen molar-refractivity contribution in [3.8, 4) is 0 Å². The van der Waals surface area contributed by atoms with Gasteiger partial charge >= 0.3 is 39.5 Å². The van der Waals surface area contributed by atoms with E-state index in [1.54, 1.807) is 0 Å². The number of aliphatic hydroxyl groups excluding tert-OH is 1. The minimum Gasteiger partial charge on any atom is -0.462 e. The van der Waals surface area contributed by atoms with Crippen LogP contribution in [0.1, 0.15) is 336 Å². The molecule has 0 aliphatic rings. The van der Waals surface area contributed by atoms with E-state index in [-0.39, 0.29) is 25.7 Å². The first-order valence-electron chi connectivity index (χ1n) is 34.7. The maximum Gasteiger partial charge on any atom is 0.472 e. The van der Waals surface area contributed by atoms with E-state index in [9.17, 15) is 43.2 Å². The first-order valence-corrected chi connectivity index (χ1v) is 37.7. The lowest BCUT2D eigenvalue weighted by Gasteiger charge is -2.21. The van der Waals surface area contributed by atoms with Gasteiger partial charge in [0.15, 0.2) is 12.2 Å². The number of esters is 4. The molecule has 0 saturated carbocycles. The fourth-order valence-electron chi connectivity index (χ4n) is 9.90. The Morgan fingerprint density at radius 3 is 0.835 bits per heavy atom. The lowest BCUT2D eigenvalue weighted by molar-refractivity contribution is -0.161. The van der Waals surface area contributed by atoms with E-state index in [0.29, 0.717) is 25.7 Å². The molecule has 0 heterocycles. The topological polar surface area (TPSA) is 237 Å². The Bertz CT molecular complexity index is 1650. The summed E-state index contributed by atoms with van der Waals surface area (Å²) in [6.07, 6.45) is 44.2. The molecule has 0 rings (SSSR count). The predicted octanol–water partition coefficient (Wildman–Crippen LogP) is 18.6. The largest absolute Gasteiger partial charge is 0.472 e. The van der Waals surface area contributed by atoms with Gasteiger partial charge in [-0.3, -0.25) is 37.3 Å². The molecular formula is C66H128O17P2. The van der Waals surface area contributed by atoms with Crippen LogP contribution >= 0.6 is 15.6 Å². The fourth-order valence-corrected chi connectivity index (χ4v) is 11.5. The fraction of sp³-hybridized carbons (Fsp3) is 0.939. The maximum atomic E-state index is 13.0. The second kappa shape index (κ2) is 59.7. The smallest absolute Gasteiger partial charge is 0.462 e. The van der Waals surface area contributed by atoms with Crippen molar-refractivity contribution in [1.82, 2.24) is 0 Å². The highest BCUT2D eigenvalue weighted by Crippen LogP contribution is 2.45. The maximum absolute atomic E-state index is 13.0. The van der Waals surface area contributed by atoms with Crippen molar-refractivity contribution >= 4 is 39.5 Å². The second-order valence-electron chi connectivity index (χ2n) is 24.1. The molecule has 0 aliphatic carbocycles. The van der Waals surface area contributed by atoms with Crippen LogP contribution in [0.15, 0.2) is 0 Å². The van der Waals surface area contributed by atoms with Crippen LogP contribution in [0, 0.1) is 5.92 Å². The van der Waals surface area contributed by atoms with Crippen LogP contribution in [-0.4, -0.2) is 96.7 Å². The van der Waals surface area contributed by atoms with Gasteiger partial charge in [-0.2, -0.15) is 0 Å². The van der Waals surface area contributed by atoms with Crippen LogP contribution in [0.5, 0.6) is 0 Å². The molecule has 0 bridgehead atoms. The first-order chi connectivity index (χ1) is 41.1. The van der Waals surface area contributed by atoms with E-state index in [2.05, 4.69) is 34.6 Å². The number of rotatable bonds is 66. The van der Waals surface area contributed by atoms with Gasteiger partial charge in [-0.25, -0.2) is 9.13 Å². The summed E-state index contributed by atoms with van der Waals surface area (Å²) in [7, 11) is -9.89. The number of ether oxygens (including phenoxy) is 4. The number of carbonyl (C=O) groups is 4. The average molecular weight is 1260 g/mol. The Labute approximate surface area is 517 Å². The Morgan fingerprint density at radius 2 is 0.565 bits per heavy atom. The summed E-state index contributed by atoms with van der Waals surface area (Å²) in [6, 6.07) is 0. The standard InChI is InChI=1S/C66H128O17P2/c1-6-10-13-16-19-22-24-25-27-30-37-42-47-52-66(71)83-62(56-77-64(69)50-45-40-35-32-31-33-38-43-48-59(5)9-4)58-81-85(74,75)79-54-60(67)53-78-84(72,73)80-57-61(55-76-63(68)49-44-39-34-28-21-18-15-12-8-3)82-65(70)51-46-41-36-29-26-23-20-17-14-11-7-2/h59-62,67H,6-58H2,1-5H3,(H,72,73)(H,74,75)/t59?,60-,61+,62+/m0/s1. The third-order valence-electron chi connectivity index (χ3n) is 15.6. The Kier molecular flexibility index (Phi) is 58.3. The molecule has 3 N–H and O–H groups in total. The molecule has 0 aliphatic heterocycles. The van der Waals surface area contributed by atoms with E-state index in [1.165, 1.54) is 161 Å². The van der Waals surface area contributed by atoms with Crippen molar-refractivity contribution in [2.75, 3.05) is 39.6 Å². The quantitative estimate of drug-likeness (QED) is 0.0222. The van der Waals surface area contributed by atoms with E-state index in [0.717, 1.165) is 95.8 Å². The molecule has 0 fully saturated rings. The number of aliphatic hydroxyl groups is 1. The van der Waals surface area contributed by atoms with Crippen LogP contribution in [0.25, 0.3) is 0 Å². The van der Waals surface area contributed by atoms with Crippen LogP contribution in [0.2, 0.25) is 0 Å². The number of phosphoric ester groups is 2. The Morgan fingerprint density at radius 1 is 0.329 bits per heavy atom. The monoisotopic (exact) mass is 1250 g/mol. The van der Waals surface area contributed by atoms with Crippen molar-refractivity contribution in [2.45, 2.75) is 355 Å². The summed E-state index contributed by atoms with van der Waals surface area (Å²) in [5.74, 6) is -1.35. The third kappa shape index (κ3) is 59.5. The lowest BCUT2D eigenvalue weighted by atomic mass is 9.99. The molecule has 3 unspecified atom stereocenters. The predicted molar refractivity (Wildman–Crippen MR) is 340 cm³/mol. The van der Waals surface area contributed by atoms with E-state index < -0.39 is 97.5 Å². The molecule has 0 aromatic heterocycles. The SMILES string of the molecule is CCCCCCCCCCCCCCCC(=O)O[C@H](COC(=O)CCCCCCCCCCC(C)CC)COP(=O)(O)OC[C@@H](O)COP(=O)(O)OC[C@@H](COC(=O)CCCCCCCCCCC)OC(=O)CCCCCCCCCCCCC. The van der Waals surface area contributed by atoms with Gasteiger partial charge in [0.05, 0.1) is 26.4 Å². The van der Waals surface area contributed by atoms with Gasteiger partial charge in [-0.05, 0) is 31.6 Å². The van der Waals surface area contributed by atoms with Gasteiger partial charge in [-0.1, -0.05) is 285 Å². The van der Waals surface area contributed by atoms with Gasteiger partial charge in [0, 0.05) is 25.7 Å². The molecule has 0 spiro atoms. The molecule has 504 valence electrons. The molecule has 6 atom stereocenters. The van der Waals surface area contributed by atoms with Crippen LogP contribution < -0.4 is 0 Å². The molecule has 0 saturated heterocycles. The molecular weight excluding hydrogens is 1130 g/mol. The van der Waals surface area contributed by atoms with Gasteiger partial charge in [0.25, 0.3) is 0 Å². The minimum absolute atomic E-state index is 0.107. The zero-order valence-electron chi connectivity index (χ0n) is 54.7. The second-order valence-corrected chi connectivity index (χ2v) is 27.0. The van der Waals surface area contributed by atoms with Crippen molar-refractivity contribution < 1.29 is 80.2 Å². The van der Waals surface area contributed by atoms with Crippen molar-refractivity contribution in [3.05, 3.63) is 0 Å². The summed E-state index contributed by atoms with van der Waals surface area (Å²) >= 11 is 0. The van der Waals surface area contributed by atoms with E-state index in [4.69, 9.17) is 37.0 Å². The molecule has 85 heavy (non-hydrogen) atoms.